The molecule has 18 heavy (non-hydrogen) atoms. The Morgan fingerprint density at radius 2 is 2.06 bits per heavy atom. The van der Waals surface area contributed by atoms with Gasteiger partial charge in [0.2, 0.25) is 0 Å². The maximum atomic E-state index is 12.6. The lowest BCUT2D eigenvalue weighted by Gasteiger charge is -2.18. The first-order valence-electron chi connectivity index (χ1n) is 5.79. The van der Waals surface area contributed by atoms with Gasteiger partial charge in [0.15, 0.2) is 6.61 Å². The van der Waals surface area contributed by atoms with E-state index in [1.54, 1.807) is 14.0 Å². The molecule has 1 amide bonds. The van der Waals surface area contributed by atoms with Gasteiger partial charge in [-0.25, -0.2) is 4.39 Å². The zero-order valence-corrected chi connectivity index (χ0v) is 10.6. The Balaban J connectivity index is 2.34. The predicted molar refractivity (Wildman–Crippen MR) is 65.8 cm³/mol. The van der Waals surface area contributed by atoms with Gasteiger partial charge in [-0.15, -0.1) is 0 Å². The molecule has 0 aliphatic carbocycles. The molecule has 0 saturated heterocycles. The van der Waals surface area contributed by atoms with E-state index in [0.717, 1.165) is 0 Å². The summed E-state index contributed by atoms with van der Waals surface area (Å²) >= 11 is 0. The van der Waals surface area contributed by atoms with Gasteiger partial charge in [-0.1, -0.05) is 0 Å². The van der Waals surface area contributed by atoms with Gasteiger partial charge in [-0.05, 0) is 37.6 Å². The van der Waals surface area contributed by atoms with Crippen LogP contribution in [0.25, 0.3) is 0 Å². The third-order valence-corrected chi connectivity index (χ3v) is 2.48. The number of halogens is 1. The monoisotopic (exact) mass is 255 g/mol. The first-order valence-corrected chi connectivity index (χ1v) is 5.79. The van der Waals surface area contributed by atoms with Crippen LogP contribution in [-0.2, 0) is 4.79 Å². The smallest absolute Gasteiger partial charge is 0.260 e. The van der Waals surface area contributed by atoms with Crippen LogP contribution in [-0.4, -0.2) is 42.2 Å². The van der Waals surface area contributed by atoms with Crippen molar-refractivity contribution in [2.24, 2.45) is 0 Å². The van der Waals surface area contributed by atoms with Gasteiger partial charge in [0.1, 0.15) is 11.6 Å². The second kappa shape index (κ2) is 6.96. The number of aliphatic hydroxyl groups is 1. The Morgan fingerprint density at radius 3 is 2.61 bits per heavy atom. The van der Waals surface area contributed by atoms with Gasteiger partial charge in [0.25, 0.3) is 5.91 Å². The van der Waals surface area contributed by atoms with E-state index in [1.807, 2.05) is 0 Å². The van der Waals surface area contributed by atoms with Crippen LogP contribution in [0.15, 0.2) is 24.3 Å². The molecule has 1 aromatic carbocycles. The number of nitrogens with zero attached hydrogens (tertiary/aromatic N) is 1. The van der Waals surface area contributed by atoms with Crippen LogP contribution in [0.4, 0.5) is 4.39 Å². The molecule has 0 aliphatic heterocycles. The highest BCUT2D eigenvalue weighted by molar-refractivity contribution is 5.77. The van der Waals surface area contributed by atoms with Crippen molar-refractivity contribution in [2.75, 3.05) is 20.2 Å². The summed E-state index contributed by atoms with van der Waals surface area (Å²) in [7, 11) is 1.65. The number of amides is 1. The third-order valence-electron chi connectivity index (χ3n) is 2.48. The molecule has 1 unspecified atom stereocenters. The molecule has 0 bridgehead atoms. The summed E-state index contributed by atoms with van der Waals surface area (Å²) in [5, 5.41) is 9.11. The minimum Gasteiger partial charge on any atom is -0.484 e. The Labute approximate surface area is 106 Å². The fraction of sp³-hybridized carbons (Fsp3) is 0.462. The van der Waals surface area contributed by atoms with Crippen molar-refractivity contribution in [3.8, 4) is 5.75 Å². The van der Waals surface area contributed by atoms with Crippen molar-refractivity contribution in [2.45, 2.75) is 19.4 Å². The topological polar surface area (TPSA) is 49.8 Å². The Kier molecular flexibility index (Phi) is 5.58. The number of rotatable bonds is 6. The molecular weight excluding hydrogens is 237 g/mol. The Hall–Kier alpha value is -1.62. The predicted octanol–water partition coefficient (Wildman–Crippen LogP) is 1.43. The molecule has 1 rings (SSSR count). The van der Waals surface area contributed by atoms with Crippen LogP contribution in [0.5, 0.6) is 5.75 Å². The van der Waals surface area contributed by atoms with E-state index in [2.05, 4.69) is 0 Å². The number of likely N-dealkylation sites (N-methyl/N-ethyl adjacent to an activating group) is 1. The lowest BCUT2D eigenvalue weighted by Crippen LogP contribution is -2.33. The average Bonchev–Trinajstić information content (AvgIpc) is 2.34. The molecule has 0 aliphatic rings. The van der Waals surface area contributed by atoms with Gasteiger partial charge < -0.3 is 14.7 Å². The van der Waals surface area contributed by atoms with Gasteiger partial charge in [0, 0.05) is 13.6 Å². The first kappa shape index (κ1) is 14.4. The van der Waals surface area contributed by atoms with Crippen molar-refractivity contribution in [3.63, 3.8) is 0 Å². The highest BCUT2D eigenvalue weighted by Crippen LogP contribution is 2.11. The highest BCUT2D eigenvalue weighted by Gasteiger charge is 2.10. The second-order valence-electron chi connectivity index (χ2n) is 4.20. The number of hydrogen-bond acceptors (Lipinski definition) is 3. The van der Waals surface area contributed by atoms with Crippen LogP contribution >= 0.6 is 0 Å². The molecule has 0 heterocycles. The zero-order valence-electron chi connectivity index (χ0n) is 10.6. The van der Waals surface area contributed by atoms with Crippen LogP contribution in [0.3, 0.4) is 0 Å². The molecule has 5 heteroatoms. The number of ether oxygens (including phenoxy) is 1. The summed E-state index contributed by atoms with van der Waals surface area (Å²) < 4.78 is 17.9. The zero-order chi connectivity index (χ0) is 13.5. The summed E-state index contributed by atoms with van der Waals surface area (Å²) in [6.45, 7) is 2.05. The molecule has 1 atom stereocenters. The molecule has 1 N–H and O–H groups in total. The summed E-state index contributed by atoms with van der Waals surface area (Å²) in [5.41, 5.74) is 0. The van der Waals surface area contributed by atoms with Crippen molar-refractivity contribution in [3.05, 3.63) is 30.1 Å². The Bertz CT molecular complexity index is 378. The molecule has 100 valence electrons. The van der Waals surface area contributed by atoms with Crippen molar-refractivity contribution in [1.82, 2.24) is 4.90 Å². The molecular formula is C13H18FNO3. The lowest BCUT2D eigenvalue weighted by molar-refractivity contribution is -0.132. The highest BCUT2D eigenvalue weighted by atomic mass is 19.1. The number of carbonyl (C=O) groups is 1. The molecule has 0 radical (unpaired) electrons. The van der Waals surface area contributed by atoms with Crippen LogP contribution < -0.4 is 4.74 Å². The molecule has 0 aromatic heterocycles. The van der Waals surface area contributed by atoms with Crippen molar-refractivity contribution >= 4 is 5.91 Å². The molecule has 1 aromatic rings. The van der Waals surface area contributed by atoms with Crippen molar-refractivity contribution in [1.29, 1.82) is 0 Å². The van der Waals surface area contributed by atoms with Crippen LogP contribution in [0.1, 0.15) is 13.3 Å². The lowest BCUT2D eigenvalue weighted by atomic mass is 10.3. The van der Waals surface area contributed by atoms with Gasteiger partial charge in [-0.2, -0.15) is 0 Å². The quantitative estimate of drug-likeness (QED) is 0.836. The van der Waals surface area contributed by atoms with Crippen LogP contribution in [0.2, 0.25) is 0 Å². The van der Waals surface area contributed by atoms with Crippen LogP contribution in [0, 0.1) is 5.82 Å². The van der Waals surface area contributed by atoms with E-state index in [-0.39, 0.29) is 18.3 Å². The minimum absolute atomic E-state index is 0.0953. The SMILES string of the molecule is CC(O)CCN(C)C(=O)COc1ccc(F)cc1. The van der Waals surface area contributed by atoms with Gasteiger partial charge in [-0.3, -0.25) is 4.79 Å². The van der Waals surface area contributed by atoms with E-state index >= 15 is 0 Å². The Morgan fingerprint density at radius 1 is 1.44 bits per heavy atom. The standard InChI is InChI=1S/C13H18FNO3/c1-10(16)7-8-15(2)13(17)9-18-12-5-3-11(14)4-6-12/h3-6,10,16H,7-9H2,1-2H3. The van der Waals surface area contributed by atoms with E-state index in [4.69, 9.17) is 9.84 Å². The molecule has 0 spiro atoms. The minimum atomic E-state index is -0.432. The number of hydrogen-bond donors (Lipinski definition) is 1. The van der Waals surface area contributed by atoms with E-state index in [1.165, 1.54) is 29.2 Å². The summed E-state index contributed by atoms with van der Waals surface area (Å²) in [4.78, 5) is 13.1. The molecule has 0 fully saturated rings. The number of aliphatic hydroxyl groups excluding tert-OH is 1. The van der Waals surface area contributed by atoms with Gasteiger partial charge >= 0.3 is 0 Å². The third kappa shape index (κ3) is 5.14. The summed E-state index contributed by atoms with van der Waals surface area (Å²) in [6, 6.07) is 5.49. The normalized spacial score (nSPS) is 12.0. The van der Waals surface area contributed by atoms with E-state index in [0.29, 0.717) is 18.7 Å². The summed E-state index contributed by atoms with van der Waals surface area (Å²) in [5.74, 6) is -0.0728. The van der Waals surface area contributed by atoms with Gasteiger partial charge in [0.05, 0.1) is 6.10 Å². The van der Waals surface area contributed by atoms with Crippen molar-refractivity contribution < 1.29 is 19.0 Å². The number of carbonyl (C=O) groups excluding carboxylic acids is 1. The molecule has 0 saturated carbocycles. The maximum Gasteiger partial charge on any atom is 0.260 e. The summed E-state index contributed by atoms with van der Waals surface area (Å²) in [6.07, 6.45) is 0.0944. The largest absolute Gasteiger partial charge is 0.484 e. The van der Waals surface area contributed by atoms with E-state index in [9.17, 15) is 9.18 Å². The fourth-order valence-corrected chi connectivity index (χ4v) is 1.29. The number of benzene rings is 1. The molecule has 4 nitrogen and oxygen atoms in total. The van der Waals surface area contributed by atoms with E-state index < -0.39 is 6.10 Å². The average molecular weight is 255 g/mol. The fourth-order valence-electron chi connectivity index (χ4n) is 1.29. The maximum absolute atomic E-state index is 12.6. The first-order chi connectivity index (χ1) is 8.49. The second-order valence-corrected chi connectivity index (χ2v) is 4.20.